The molecule has 0 aromatic heterocycles. The van der Waals surface area contributed by atoms with E-state index in [1.165, 1.54) is 0 Å². The number of methoxy groups -OCH3 is 1. The van der Waals surface area contributed by atoms with Gasteiger partial charge in [0.25, 0.3) is 5.91 Å². The Morgan fingerprint density at radius 1 is 1.36 bits per heavy atom. The summed E-state index contributed by atoms with van der Waals surface area (Å²) in [5, 5.41) is 1.59. The van der Waals surface area contributed by atoms with Gasteiger partial charge in [-0.3, -0.25) is 10.2 Å². The minimum absolute atomic E-state index is 0.174. The predicted octanol–water partition coefficient (Wildman–Crippen LogP) is 0.902. The maximum atomic E-state index is 11.6. The quantitative estimate of drug-likeness (QED) is 0.727. The van der Waals surface area contributed by atoms with Gasteiger partial charge in [0.05, 0.1) is 12.7 Å². The second-order valence-electron chi connectivity index (χ2n) is 3.04. The van der Waals surface area contributed by atoms with Gasteiger partial charge >= 0.3 is 0 Å². The van der Waals surface area contributed by atoms with Crippen LogP contribution >= 0.6 is 0 Å². The number of nitrogens with one attached hydrogen (secondary N) is 1. The van der Waals surface area contributed by atoms with Gasteiger partial charge in [0.1, 0.15) is 5.75 Å². The zero-order chi connectivity index (χ0) is 10.6. The summed E-state index contributed by atoms with van der Waals surface area (Å²) in [4.78, 5) is 11.6. The van der Waals surface area contributed by atoms with E-state index in [0.29, 0.717) is 11.3 Å². The number of nitrogens with zero attached hydrogens (tertiary/aromatic N) is 1. The van der Waals surface area contributed by atoms with Gasteiger partial charge in [0, 0.05) is 14.1 Å². The molecule has 0 bridgehead atoms. The molecule has 76 valence electrons. The molecule has 0 atom stereocenters. The van der Waals surface area contributed by atoms with Crippen molar-refractivity contribution in [2.75, 3.05) is 21.2 Å². The lowest BCUT2D eigenvalue weighted by Gasteiger charge is -2.13. The highest BCUT2D eigenvalue weighted by Crippen LogP contribution is 2.16. The van der Waals surface area contributed by atoms with Crippen molar-refractivity contribution < 1.29 is 9.53 Å². The Bertz CT molecular complexity index is 324. The lowest BCUT2D eigenvalue weighted by molar-refractivity contribution is 0.0854. The monoisotopic (exact) mass is 194 g/mol. The average molecular weight is 194 g/mol. The molecule has 0 radical (unpaired) electrons. The van der Waals surface area contributed by atoms with Crippen LogP contribution in [0.4, 0.5) is 0 Å². The van der Waals surface area contributed by atoms with Crippen molar-refractivity contribution in [3.05, 3.63) is 29.8 Å². The Labute approximate surface area is 83.4 Å². The Morgan fingerprint density at radius 2 is 2.00 bits per heavy atom. The molecule has 0 heterocycles. The summed E-state index contributed by atoms with van der Waals surface area (Å²) < 4.78 is 5.07. The van der Waals surface area contributed by atoms with Crippen molar-refractivity contribution in [1.82, 2.24) is 10.4 Å². The Hall–Kier alpha value is -1.55. The van der Waals surface area contributed by atoms with Gasteiger partial charge in [-0.1, -0.05) is 12.1 Å². The van der Waals surface area contributed by atoms with Crippen LogP contribution in [0.5, 0.6) is 5.75 Å². The molecule has 0 saturated heterocycles. The first-order valence-corrected chi connectivity index (χ1v) is 4.26. The summed E-state index contributed by atoms with van der Waals surface area (Å²) in [7, 11) is 5.06. The number of para-hydroxylation sites is 1. The van der Waals surface area contributed by atoms with Crippen molar-refractivity contribution in [3.63, 3.8) is 0 Å². The van der Waals surface area contributed by atoms with Gasteiger partial charge < -0.3 is 4.74 Å². The number of hydrazine groups is 1. The number of carbonyl (C=O) groups is 1. The molecule has 0 aliphatic rings. The first kappa shape index (κ1) is 10.5. The molecule has 4 nitrogen and oxygen atoms in total. The van der Waals surface area contributed by atoms with E-state index in [4.69, 9.17) is 4.74 Å². The number of ether oxygens (including phenoxy) is 1. The van der Waals surface area contributed by atoms with E-state index >= 15 is 0 Å². The molecule has 14 heavy (non-hydrogen) atoms. The molecular weight excluding hydrogens is 180 g/mol. The summed E-state index contributed by atoms with van der Waals surface area (Å²) in [6, 6.07) is 7.10. The largest absolute Gasteiger partial charge is 0.496 e. The third-order valence-corrected chi connectivity index (χ3v) is 1.68. The Kier molecular flexibility index (Phi) is 3.48. The third kappa shape index (κ3) is 2.47. The van der Waals surface area contributed by atoms with E-state index in [1.54, 1.807) is 44.4 Å². The van der Waals surface area contributed by atoms with Crippen molar-refractivity contribution in [2.24, 2.45) is 0 Å². The van der Waals surface area contributed by atoms with Crippen LogP contribution in [-0.4, -0.2) is 32.1 Å². The lowest BCUT2D eigenvalue weighted by atomic mass is 10.2. The van der Waals surface area contributed by atoms with Gasteiger partial charge in [0.15, 0.2) is 0 Å². The van der Waals surface area contributed by atoms with Crippen LogP contribution in [0, 0.1) is 0 Å². The number of hydrogen-bond acceptors (Lipinski definition) is 3. The second kappa shape index (κ2) is 4.62. The number of hydrogen-bond donors (Lipinski definition) is 1. The first-order valence-electron chi connectivity index (χ1n) is 4.26. The number of benzene rings is 1. The molecule has 1 amide bonds. The number of amides is 1. The van der Waals surface area contributed by atoms with Crippen molar-refractivity contribution in [1.29, 1.82) is 0 Å². The number of carbonyl (C=O) groups excluding carboxylic acids is 1. The van der Waals surface area contributed by atoms with Gasteiger partial charge in [-0.15, -0.1) is 0 Å². The van der Waals surface area contributed by atoms with Gasteiger partial charge in [-0.2, -0.15) is 0 Å². The standard InChI is InChI=1S/C10H14N2O2/c1-12(2)11-10(13)8-6-4-5-7-9(8)14-3/h4-7H,1-3H3,(H,11,13). The van der Waals surface area contributed by atoms with Crippen LogP contribution < -0.4 is 10.2 Å². The van der Waals surface area contributed by atoms with Crippen molar-refractivity contribution in [2.45, 2.75) is 0 Å². The molecule has 0 aliphatic heterocycles. The molecule has 1 N–H and O–H groups in total. The molecule has 1 rings (SSSR count). The lowest BCUT2D eigenvalue weighted by Crippen LogP contribution is -2.36. The predicted molar refractivity (Wildman–Crippen MR) is 54.1 cm³/mol. The molecular formula is C10H14N2O2. The van der Waals surface area contributed by atoms with Gasteiger partial charge in [-0.05, 0) is 12.1 Å². The average Bonchev–Trinajstić information content (AvgIpc) is 2.16. The van der Waals surface area contributed by atoms with Gasteiger partial charge in [-0.25, -0.2) is 5.01 Å². The maximum absolute atomic E-state index is 11.6. The van der Waals surface area contributed by atoms with E-state index in [2.05, 4.69) is 5.43 Å². The van der Waals surface area contributed by atoms with E-state index in [1.807, 2.05) is 6.07 Å². The minimum Gasteiger partial charge on any atom is -0.496 e. The van der Waals surface area contributed by atoms with E-state index in [9.17, 15) is 4.79 Å². The maximum Gasteiger partial charge on any atom is 0.269 e. The van der Waals surface area contributed by atoms with Crippen LogP contribution in [0.25, 0.3) is 0 Å². The summed E-state index contributed by atoms with van der Waals surface area (Å²) in [5.74, 6) is 0.402. The first-order chi connectivity index (χ1) is 6.65. The molecule has 1 aromatic rings. The summed E-state index contributed by atoms with van der Waals surface area (Å²) in [6.07, 6.45) is 0. The van der Waals surface area contributed by atoms with Gasteiger partial charge in [0.2, 0.25) is 0 Å². The molecule has 0 fully saturated rings. The summed E-state index contributed by atoms with van der Waals surface area (Å²) in [5.41, 5.74) is 3.18. The SMILES string of the molecule is COc1ccccc1C(=O)NN(C)C. The topological polar surface area (TPSA) is 41.6 Å². The fourth-order valence-corrected chi connectivity index (χ4v) is 1.10. The van der Waals surface area contributed by atoms with Crippen LogP contribution in [0.1, 0.15) is 10.4 Å². The van der Waals surface area contributed by atoms with Crippen molar-refractivity contribution >= 4 is 5.91 Å². The normalized spacial score (nSPS) is 10.0. The summed E-state index contributed by atoms with van der Waals surface area (Å²) in [6.45, 7) is 0. The van der Waals surface area contributed by atoms with Crippen molar-refractivity contribution in [3.8, 4) is 5.75 Å². The smallest absolute Gasteiger partial charge is 0.269 e. The number of rotatable bonds is 3. The van der Waals surface area contributed by atoms with Crippen LogP contribution in [0.3, 0.4) is 0 Å². The fraction of sp³-hybridized carbons (Fsp3) is 0.300. The molecule has 0 spiro atoms. The Balaban J connectivity index is 2.88. The van der Waals surface area contributed by atoms with Crippen LogP contribution in [-0.2, 0) is 0 Å². The third-order valence-electron chi connectivity index (χ3n) is 1.68. The van der Waals surface area contributed by atoms with Crippen LogP contribution in [0.15, 0.2) is 24.3 Å². The van der Waals surface area contributed by atoms with E-state index in [-0.39, 0.29) is 5.91 Å². The highest BCUT2D eigenvalue weighted by Gasteiger charge is 2.10. The zero-order valence-corrected chi connectivity index (χ0v) is 8.57. The fourth-order valence-electron chi connectivity index (χ4n) is 1.10. The van der Waals surface area contributed by atoms with Crippen LogP contribution in [0.2, 0.25) is 0 Å². The van der Waals surface area contributed by atoms with E-state index in [0.717, 1.165) is 0 Å². The molecule has 0 saturated carbocycles. The minimum atomic E-state index is -0.174. The highest BCUT2D eigenvalue weighted by molar-refractivity contribution is 5.96. The Morgan fingerprint density at radius 3 is 2.57 bits per heavy atom. The summed E-state index contributed by atoms with van der Waals surface area (Å²) >= 11 is 0. The second-order valence-corrected chi connectivity index (χ2v) is 3.04. The molecule has 0 aliphatic carbocycles. The molecule has 1 aromatic carbocycles. The molecule has 4 heteroatoms. The molecule has 0 unspecified atom stereocenters. The highest BCUT2D eigenvalue weighted by atomic mass is 16.5. The zero-order valence-electron chi connectivity index (χ0n) is 8.57. The van der Waals surface area contributed by atoms with E-state index < -0.39 is 0 Å².